The van der Waals surface area contributed by atoms with Crippen molar-refractivity contribution in [1.82, 2.24) is 0 Å². The zero-order chi connectivity index (χ0) is 9.19. The monoisotopic (exact) mass is 170 g/mol. The molecular weight excluding hydrogens is 152 g/mol. The van der Waals surface area contributed by atoms with E-state index in [1.54, 1.807) is 0 Å². The molecule has 0 amide bonds. The Hall–Kier alpha value is -0.340. The van der Waals surface area contributed by atoms with Crippen molar-refractivity contribution in [3.8, 4) is 0 Å². The van der Waals surface area contributed by atoms with Gasteiger partial charge in [0.1, 0.15) is 0 Å². The van der Waals surface area contributed by atoms with Gasteiger partial charge in [0.15, 0.2) is 0 Å². The molecule has 0 fully saturated rings. The summed E-state index contributed by atoms with van der Waals surface area (Å²) in [6, 6.07) is 0. The van der Waals surface area contributed by atoms with Gasteiger partial charge in [0.2, 0.25) is 0 Å². The van der Waals surface area contributed by atoms with Crippen LogP contribution in [0.1, 0.15) is 33.1 Å². The van der Waals surface area contributed by atoms with Gasteiger partial charge in [-0.3, -0.25) is 0 Å². The highest BCUT2D eigenvalue weighted by atomic mass is 16.3. The molecule has 0 bridgehead atoms. The van der Waals surface area contributed by atoms with E-state index in [9.17, 15) is 5.11 Å². The van der Waals surface area contributed by atoms with Gasteiger partial charge in [0.05, 0.1) is 5.60 Å². The highest BCUT2D eigenvalue weighted by Gasteiger charge is 2.23. The Morgan fingerprint density at radius 2 is 2.25 bits per heavy atom. The predicted molar refractivity (Wildman–Crippen MR) is 48.8 cm³/mol. The number of rotatable bonds is 2. The normalized spacial score (nSPS) is 25.3. The minimum Gasteiger partial charge on any atom is -0.396 e. The van der Waals surface area contributed by atoms with Crippen LogP contribution in [-0.4, -0.2) is 22.4 Å². The SMILES string of the molecule is CC(C)(O)C1=CCC(CO)CC1. The van der Waals surface area contributed by atoms with Gasteiger partial charge in [0, 0.05) is 6.61 Å². The maximum absolute atomic E-state index is 9.67. The largest absolute Gasteiger partial charge is 0.396 e. The summed E-state index contributed by atoms with van der Waals surface area (Å²) in [5.74, 6) is 0.413. The van der Waals surface area contributed by atoms with Gasteiger partial charge in [-0.15, -0.1) is 0 Å². The molecule has 1 unspecified atom stereocenters. The van der Waals surface area contributed by atoms with E-state index in [-0.39, 0.29) is 6.61 Å². The molecule has 70 valence electrons. The quantitative estimate of drug-likeness (QED) is 0.616. The summed E-state index contributed by atoms with van der Waals surface area (Å²) < 4.78 is 0. The lowest BCUT2D eigenvalue weighted by Crippen LogP contribution is -2.25. The molecular formula is C10H18O2. The van der Waals surface area contributed by atoms with Gasteiger partial charge in [-0.1, -0.05) is 6.08 Å². The summed E-state index contributed by atoms with van der Waals surface area (Å²) in [5.41, 5.74) is 0.452. The molecule has 0 saturated heterocycles. The first kappa shape index (κ1) is 9.75. The Morgan fingerprint density at radius 3 is 2.58 bits per heavy atom. The summed E-state index contributed by atoms with van der Waals surface area (Å²) in [6.07, 6.45) is 4.92. The number of hydrogen-bond acceptors (Lipinski definition) is 2. The van der Waals surface area contributed by atoms with Crippen LogP contribution in [-0.2, 0) is 0 Å². The molecule has 2 N–H and O–H groups in total. The van der Waals surface area contributed by atoms with Crippen molar-refractivity contribution < 1.29 is 10.2 Å². The molecule has 0 spiro atoms. The lowest BCUT2D eigenvalue weighted by molar-refractivity contribution is 0.109. The first-order chi connectivity index (χ1) is 5.54. The lowest BCUT2D eigenvalue weighted by atomic mass is 9.83. The van der Waals surface area contributed by atoms with E-state index in [2.05, 4.69) is 6.08 Å². The minimum absolute atomic E-state index is 0.273. The molecule has 0 aliphatic heterocycles. The van der Waals surface area contributed by atoms with Gasteiger partial charge in [-0.25, -0.2) is 0 Å². The van der Waals surface area contributed by atoms with Gasteiger partial charge < -0.3 is 10.2 Å². The Morgan fingerprint density at radius 1 is 1.58 bits per heavy atom. The fourth-order valence-electron chi connectivity index (χ4n) is 1.61. The number of hydrogen-bond donors (Lipinski definition) is 2. The van der Waals surface area contributed by atoms with E-state index in [1.807, 2.05) is 13.8 Å². The second-order valence-electron chi connectivity index (χ2n) is 4.11. The zero-order valence-electron chi connectivity index (χ0n) is 7.88. The molecule has 1 rings (SSSR count). The summed E-state index contributed by atoms with van der Waals surface area (Å²) in [7, 11) is 0. The lowest BCUT2D eigenvalue weighted by Gasteiger charge is -2.27. The summed E-state index contributed by atoms with van der Waals surface area (Å²) in [4.78, 5) is 0. The first-order valence-electron chi connectivity index (χ1n) is 4.57. The van der Waals surface area contributed by atoms with E-state index >= 15 is 0 Å². The maximum Gasteiger partial charge on any atom is 0.0800 e. The van der Waals surface area contributed by atoms with Crippen molar-refractivity contribution >= 4 is 0 Å². The third-order valence-electron chi connectivity index (χ3n) is 2.56. The van der Waals surface area contributed by atoms with Gasteiger partial charge in [-0.2, -0.15) is 0 Å². The van der Waals surface area contributed by atoms with Crippen LogP contribution in [0.2, 0.25) is 0 Å². The highest BCUT2D eigenvalue weighted by molar-refractivity contribution is 5.16. The van der Waals surface area contributed by atoms with Crippen LogP contribution < -0.4 is 0 Å². The summed E-state index contributed by atoms with van der Waals surface area (Å²) in [5, 5.41) is 18.6. The minimum atomic E-state index is -0.666. The van der Waals surface area contributed by atoms with Gasteiger partial charge >= 0.3 is 0 Å². The average molecular weight is 170 g/mol. The molecule has 0 saturated carbocycles. The van der Waals surface area contributed by atoms with Crippen LogP contribution in [0.25, 0.3) is 0 Å². The third-order valence-corrected chi connectivity index (χ3v) is 2.56. The zero-order valence-corrected chi connectivity index (χ0v) is 7.88. The van der Waals surface area contributed by atoms with E-state index < -0.39 is 5.60 Å². The van der Waals surface area contributed by atoms with Crippen LogP contribution >= 0.6 is 0 Å². The molecule has 12 heavy (non-hydrogen) atoms. The van der Waals surface area contributed by atoms with E-state index in [4.69, 9.17) is 5.11 Å². The number of allylic oxidation sites excluding steroid dienone is 1. The molecule has 2 nitrogen and oxygen atoms in total. The van der Waals surface area contributed by atoms with Crippen molar-refractivity contribution in [2.45, 2.75) is 38.7 Å². The van der Waals surface area contributed by atoms with Crippen molar-refractivity contribution in [2.75, 3.05) is 6.61 Å². The van der Waals surface area contributed by atoms with E-state index in [1.165, 1.54) is 0 Å². The molecule has 0 aromatic heterocycles. The second kappa shape index (κ2) is 3.58. The second-order valence-corrected chi connectivity index (χ2v) is 4.11. The van der Waals surface area contributed by atoms with Crippen molar-refractivity contribution in [3.05, 3.63) is 11.6 Å². The topological polar surface area (TPSA) is 40.5 Å². The standard InChI is InChI=1S/C10H18O2/c1-10(2,12)9-5-3-8(7-11)4-6-9/h5,8,11-12H,3-4,6-7H2,1-2H3. The van der Waals surface area contributed by atoms with Crippen molar-refractivity contribution in [3.63, 3.8) is 0 Å². The maximum atomic E-state index is 9.67. The van der Waals surface area contributed by atoms with Crippen LogP contribution in [0.5, 0.6) is 0 Å². The van der Waals surface area contributed by atoms with Crippen LogP contribution in [0, 0.1) is 5.92 Å². The fraction of sp³-hybridized carbons (Fsp3) is 0.800. The van der Waals surface area contributed by atoms with Gasteiger partial charge in [0.25, 0.3) is 0 Å². The van der Waals surface area contributed by atoms with Crippen LogP contribution in [0.15, 0.2) is 11.6 Å². The first-order valence-corrected chi connectivity index (χ1v) is 4.57. The smallest absolute Gasteiger partial charge is 0.0800 e. The molecule has 0 aromatic rings. The summed E-state index contributed by atoms with van der Waals surface area (Å²) in [6.45, 7) is 3.91. The number of aliphatic hydroxyl groups is 2. The van der Waals surface area contributed by atoms with Crippen molar-refractivity contribution in [1.29, 1.82) is 0 Å². The Labute approximate surface area is 73.9 Å². The Balaban J connectivity index is 2.56. The third kappa shape index (κ3) is 2.32. The molecule has 1 aliphatic carbocycles. The fourth-order valence-corrected chi connectivity index (χ4v) is 1.61. The Bertz CT molecular complexity index is 177. The molecule has 1 aliphatic rings. The summed E-state index contributed by atoms with van der Waals surface area (Å²) >= 11 is 0. The molecule has 2 heteroatoms. The number of aliphatic hydroxyl groups excluding tert-OH is 1. The molecule has 0 aromatic carbocycles. The molecule has 0 heterocycles. The van der Waals surface area contributed by atoms with E-state index in [0.29, 0.717) is 5.92 Å². The molecule has 0 radical (unpaired) electrons. The average Bonchev–Trinajstić information content (AvgIpc) is 2.03. The predicted octanol–water partition coefficient (Wildman–Crippen LogP) is 1.48. The Kier molecular flexibility index (Phi) is 2.91. The van der Waals surface area contributed by atoms with Crippen LogP contribution in [0.4, 0.5) is 0 Å². The van der Waals surface area contributed by atoms with Crippen LogP contribution in [0.3, 0.4) is 0 Å². The van der Waals surface area contributed by atoms with E-state index in [0.717, 1.165) is 24.8 Å². The van der Waals surface area contributed by atoms with Gasteiger partial charge in [-0.05, 0) is 44.6 Å². The molecule has 1 atom stereocenters. The highest BCUT2D eigenvalue weighted by Crippen LogP contribution is 2.29. The van der Waals surface area contributed by atoms with Crippen molar-refractivity contribution in [2.24, 2.45) is 5.92 Å².